The van der Waals surface area contributed by atoms with E-state index in [2.05, 4.69) is 75.7 Å². The molecule has 0 atom stereocenters. The molecule has 148 valence electrons. The zero-order chi connectivity index (χ0) is 20.2. The van der Waals surface area contributed by atoms with Crippen molar-refractivity contribution in [1.82, 2.24) is 15.4 Å². The molecule has 0 spiro atoms. The summed E-state index contributed by atoms with van der Waals surface area (Å²) in [5.74, 6) is 0.328. The van der Waals surface area contributed by atoms with E-state index < -0.39 is 0 Å². The maximum absolute atomic E-state index is 5.95. The van der Waals surface area contributed by atoms with Crippen molar-refractivity contribution in [2.45, 2.75) is 26.7 Å². The van der Waals surface area contributed by atoms with Crippen LogP contribution < -0.4 is 11.2 Å². The lowest BCUT2D eigenvalue weighted by molar-refractivity contribution is 0.921. The molecule has 2 aromatic carbocycles. The summed E-state index contributed by atoms with van der Waals surface area (Å²) in [5.41, 5.74) is 16.0. The normalized spacial score (nSPS) is 12.4. The highest BCUT2D eigenvalue weighted by Gasteiger charge is 2.07. The molecule has 0 unspecified atom stereocenters. The fourth-order valence-electron chi connectivity index (χ4n) is 3.83. The summed E-state index contributed by atoms with van der Waals surface area (Å²) in [5, 5.41) is 6.70. The van der Waals surface area contributed by atoms with E-state index in [1.54, 1.807) is 0 Å². The highest BCUT2D eigenvalue weighted by atomic mass is 15.3. The number of benzene rings is 2. The molecule has 5 N–H and O–H groups in total. The van der Waals surface area contributed by atoms with Crippen LogP contribution in [0.5, 0.6) is 0 Å². The quantitative estimate of drug-likeness (QED) is 0.229. The van der Waals surface area contributed by atoms with Crippen LogP contribution >= 0.6 is 0 Å². The largest absolute Gasteiger partial charge is 0.369 e. The number of aromatic amines is 2. The molecule has 6 heteroatoms. The van der Waals surface area contributed by atoms with Crippen molar-refractivity contribution >= 4 is 34.0 Å². The van der Waals surface area contributed by atoms with Crippen molar-refractivity contribution in [3.8, 4) is 0 Å². The second-order valence-electron chi connectivity index (χ2n) is 7.19. The number of aliphatic imine (C=N–C) groups is 1. The topological polar surface area (TPSA) is 94.3 Å². The number of aromatic nitrogens is 2. The average molecular weight is 387 g/mol. The van der Waals surface area contributed by atoms with Crippen LogP contribution in [0.1, 0.15) is 22.5 Å². The SMILES string of the molecule is Cc1[nH]c2ccccc2c1C/C=N/NC(N)=NCCc1c(C)[nH]c2ccccc12. The number of fused-ring (bicyclic) bond motifs is 2. The van der Waals surface area contributed by atoms with Gasteiger partial charge in [0.1, 0.15) is 0 Å². The third-order valence-corrected chi connectivity index (χ3v) is 5.26. The minimum atomic E-state index is 0.328. The molecule has 0 saturated heterocycles. The van der Waals surface area contributed by atoms with Gasteiger partial charge in [0.2, 0.25) is 5.96 Å². The maximum Gasteiger partial charge on any atom is 0.209 e. The van der Waals surface area contributed by atoms with Crippen molar-refractivity contribution in [3.63, 3.8) is 0 Å². The third kappa shape index (κ3) is 4.01. The first-order valence-corrected chi connectivity index (χ1v) is 9.83. The maximum atomic E-state index is 5.95. The van der Waals surface area contributed by atoms with E-state index in [0.717, 1.165) is 29.6 Å². The molecule has 0 amide bonds. The number of aryl methyl sites for hydroxylation is 2. The first kappa shape index (κ1) is 18.8. The van der Waals surface area contributed by atoms with Gasteiger partial charge in [0.25, 0.3) is 0 Å². The van der Waals surface area contributed by atoms with Crippen LogP contribution in [0.3, 0.4) is 0 Å². The van der Waals surface area contributed by atoms with Gasteiger partial charge in [0, 0.05) is 52.4 Å². The first-order valence-electron chi connectivity index (χ1n) is 9.83. The van der Waals surface area contributed by atoms with Gasteiger partial charge < -0.3 is 15.7 Å². The van der Waals surface area contributed by atoms with E-state index >= 15 is 0 Å². The Bertz CT molecular complexity index is 1190. The van der Waals surface area contributed by atoms with E-state index in [0.29, 0.717) is 12.5 Å². The highest BCUT2D eigenvalue weighted by molar-refractivity contribution is 5.87. The van der Waals surface area contributed by atoms with E-state index in [9.17, 15) is 0 Å². The van der Waals surface area contributed by atoms with Gasteiger partial charge in [-0.3, -0.25) is 4.99 Å². The molecule has 0 saturated carbocycles. The van der Waals surface area contributed by atoms with Crippen molar-refractivity contribution in [1.29, 1.82) is 0 Å². The Hall–Kier alpha value is -3.54. The van der Waals surface area contributed by atoms with Crippen LogP contribution in [0.25, 0.3) is 21.8 Å². The minimum absolute atomic E-state index is 0.328. The number of hydrazone groups is 1. The Morgan fingerprint density at radius 3 is 2.21 bits per heavy atom. The standard InChI is InChI=1S/C23H26N6/c1-15-17(19-7-3-5-9-21(19)27-15)11-13-25-23(24)29-26-14-12-18-16(2)28-22-10-6-4-8-20(18)22/h3-10,14,27-28H,11-13H2,1-2H3,(H3,24,25,29)/b26-14+. The number of nitrogens with two attached hydrogens (primary N) is 1. The second-order valence-corrected chi connectivity index (χ2v) is 7.19. The molecule has 0 radical (unpaired) electrons. The minimum Gasteiger partial charge on any atom is -0.369 e. The summed E-state index contributed by atoms with van der Waals surface area (Å²) >= 11 is 0. The van der Waals surface area contributed by atoms with Gasteiger partial charge >= 0.3 is 0 Å². The Morgan fingerprint density at radius 1 is 0.931 bits per heavy atom. The lowest BCUT2D eigenvalue weighted by Gasteiger charge is -2.02. The van der Waals surface area contributed by atoms with E-state index in [1.165, 1.54) is 27.6 Å². The molecule has 6 nitrogen and oxygen atoms in total. The zero-order valence-electron chi connectivity index (χ0n) is 16.8. The van der Waals surface area contributed by atoms with E-state index in [-0.39, 0.29) is 0 Å². The number of rotatable bonds is 6. The van der Waals surface area contributed by atoms with Crippen LogP contribution in [0.2, 0.25) is 0 Å². The second kappa shape index (κ2) is 8.22. The Morgan fingerprint density at radius 2 is 1.52 bits per heavy atom. The molecule has 2 aromatic heterocycles. The zero-order valence-corrected chi connectivity index (χ0v) is 16.8. The number of para-hydroxylation sites is 2. The predicted molar refractivity (Wildman–Crippen MR) is 122 cm³/mol. The smallest absolute Gasteiger partial charge is 0.209 e. The summed E-state index contributed by atoms with van der Waals surface area (Å²) in [6.45, 7) is 4.79. The van der Waals surface area contributed by atoms with Gasteiger partial charge in [0.15, 0.2) is 0 Å². The number of H-pyrrole nitrogens is 2. The van der Waals surface area contributed by atoms with E-state index in [4.69, 9.17) is 5.73 Å². The number of hydrogen-bond donors (Lipinski definition) is 4. The summed E-state index contributed by atoms with van der Waals surface area (Å²) in [4.78, 5) is 11.2. The van der Waals surface area contributed by atoms with Crippen molar-refractivity contribution in [2.24, 2.45) is 15.8 Å². The Balaban J connectivity index is 1.33. The molecule has 4 rings (SSSR count). The average Bonchev–Trinajstić information content (AvgIpc) is 3.21. The number of nitrogens with one attached hydrogen (secondary N) is 3. The van der Waals surface area contributed by atoms with Crippen molar-refractivity contribution in [3.05, 3.63) is 71.0 Å². The molecule has 29 heavy (non-hydrogen) atoms. The molecule has 4 aromatic rings. The number of hydrogen-bond acceptors (Lipinski definition) is 2. The van der Waals surface area contributed by atoms with Crippen molar-refractivity contribution < 1.29 is 0 Å². The Labute approximate surface area is 169 Å². The predicted octanol–water partition coefficient (Wildman–Crippen LogP) is 3.94. The van der Waals surface area contributed by atoms with Gasteiger partial charge in [0.05, 0.1) is 0 Å². The summed E-state index contributed by atoms with van der Waals surface area (Å²) in [7, 11) is 0. The molecule has 0 fully saturated rings. The summed E-state index contributed by atoms with van der Waals surface area (Å²) < 4.78 is 0. The van der Waals surface area contributed by atoms with Gasteiger partial charge in [-0.05, 0) is 43.5 Å². The molecule has 2 heterocycles. The summed E-state index contributed by atoms with van der Waals surface area (Å²) in [6, 6.07) is 16.6. The molecular weight excluding hydrogens is 360 g/mol. The van der Waals surface area contributed by atoms with Gasteiger partial charge in [-0.2, -0.15) is 5.10 Å². The lowest BCUT2D eigenvalue weighted by Crippen LogP contribution is -2.27. The number of nitrogens with zero attached hydrogens (tertiary/aromatic N) is 2. The molecule has 0 bridgehead atoms. The van der Waals surface area contributed by atoms with Gasteiger partial charge in [-0.25, -0.2) is 5.43 Å². The fourth-order valence-corrected chi connectivity index (χ4v) is 3.83. The monoisotopic (exact) mass is 386 g/mol. The van der Waals surface area contributed by atoms with Crippen LogP contribution in [0, 0.1) is 13.8 Å². The van der Waals surface area contributed by atoms with Crippen molar-refractivity contribution in [2.75, 3.05) is 6.54 Å². The van der Waals surface area contributed by atoms with Gasteiger partial charge in [-0.15, -0.1) is 0 Å². The lowest BCUT2D eigenvalue weighted by atomic mass is 10.1. The van der Waals surface area contributed by atoms with Crippen LogP contribution in [-0.2, 0) is 12.8 Å². The fraction of sp³-hybridized carbons (Fsp3) is 0.217. The van der Waals surface area contributed by atoms with Crippen LogP contribution in [-0.4, -0.2) is 28.7 Å². The van der Waals surface area contributed by atoms with Crippen LogP contribution in [0.4, 0.5) is 0 Å². The summed E-state index contributed by atoms with van der Waals surface area (Å²) in [6.07, 6.45) is 3.38. The molecule has 0 aliphatic carbocycles. The highest BCUT2D eigenvalue weighted by Crippen LogP contribution is 2.22. The Kier molecular flexibility index (Phi) is 5.33. The molecule has 0 aliphatic rings. The molecular formula is C23H26N6. The van der Waals surface area contributed by atoms with Crippen LogP contribution in [0.15, 0.2) is 58.6 Å². The third-order valence-electron chi connectivity index (χ3n) is 5.26. The number of guanidine groups is 1. The van der Waals surface area contributed by atoms with Gasteiger partial charge in [-0.1, -0.05) is 36.4 Å². The molecule has 0 aliphatic heterocycles. The van der Waals surface area contributed by atoms with E-state index in [1.807, 2.05) is 18.3 Å². The first-order chi connectivity index (χ1) is 14.1.